The molecule has 0 unspecified atom stereocenters. The molecule has 2 aliphatic heterocycles. The van der Waals surface area contributed by atoms with Crippen LogP contribution < -0.4 is 5.32 Å². The largest absolute Gasteiger partial charge is 0.355 e. The number of hydrogen-bond acceptors (Lipinski definition) is 5. The van der Waals surface area contributed by atoms with E-state index in [1.165, 1.54) is 11.8 Å². The number of hydrogen-bond donors (Lipinski definition) is 1. The number of rotatable bonds is 6. The summed E-state index contributed by atoms with van der Waals surface area (Å²) in [6, 6.07) is 24.0. The first-order chi connectivity index (χ1) is 16.6. The zero-order valence-electron chi connectivity index (χ0n) is 18.1. The molecule has 170 valence electrons. The normalized spacial score (nSPS) is 16.4. The summed E-state index contributed by atoms with van der Waals surface area (Å²) < 4.78 is 0. The van der Waals surface area contributed by atoms with Crippen LogP contribution in [0.2, 0.25) is 5.02 Å². The van der Waals surface area contributed by atoms with Gasteiger partial charge in [0.25, 0.3) is 5.91 Å². The number of fused-ring (bicyclic) bond motifs is 3. The third-order valence-corrected chi connectivity index (χ3v) is 6.76. The Morgan fingerprint density at radius 2 is 1.74 bits per heavy atom. The molecule has 0 saturated carbocycles. The van der Waals surface area contributed by atoms with Crippen molar-refractivity contribution < 1.29 is 9.59 Å². The quantitative estimate of drug-likeness (QED) is 0.543. The number of carbonyl (C=O) groups is 2. The van der Waals surface area contributed by atoms with E-state index in [0.29, 0.717) is 29.0 Å². The van der Waals surface area contributed by atoms with Crippen LogP contribution in [0.25, 0.3) is 0 Å². The Hall–Kier alpha value is -3.42. The average molecular weight is 489 g/mol. The summed E-state index contributed by atoms with van der Waals surface area (Å²) in [5.41, 5.74) is 3.48. The van der Waals surface area contributed by atoms with E-state index in [9.17, 15) is 9.59 Å². The van der Waals surface area contributed by atoms with Crippen molar-refractivity contribution in [3.8, 4) is 0 Å². The maximum absolute atomic E-state index is 13.4. The lowest BCUT2D eigenvalue weighted by molar-refractivity contribution is -0.124. The molecule has 2 aliphatic rings. The molecule has 2 heterocycles. The number of halogens is 1. The summed E-state index contributed by atoms with van der Waals surface area (Å²) in [5.74, 6) is 0.444. The van der Waals surface area contributed by atoms with Crippen molar-refractivity contribution in [2.45, 2.75) is 12.5 Å². The fourth-order valence-electron chi connectivity index (χ4n) is 3.88. The summed E-state index contributed by atoms with van der Waals surface area (Å²) in [7, 11) is 0. The summed E-state index contributed by atoms with van der Waals surface area (Å²) in [6.45, 7) is 0.516. The van der Waals surface area contributed by atoms with Gasteiger partial charge >= 0.3 is 0 Å². The van der Waals surface area contributed by atoms with E-state index in [4.69, 9.17) is 16.6 Å². The van der Waals surface area contributed by atoms with Crippen molar-refractivity contribution >= 4 is 51.9 Å². The molecule has 1 atom stereocenters. The Kier molecular flexibility index (Phi) is 6.47. The van der Waals surface area contributed by atoms with Gasteiger partial charge in [-0.2, -0.15) is 0 Å². The second kappa shape index (κ2) is 9.83. The number of thioether (sulfide) groups is 1. The molecule has 0 aliphatic carbocycles. The van der Waals surface area contributed by atoms with Crippen molar-refractivity contribution in [1.82, 2.24) is 10.2 Å². The van der Waals surface area contributed by atoms with Crippen LogP contribution in [0.3, 0.4) is 0 Å². The van der Waals surface area contributed by atoms with Gasteiger partial charge in [0.05, 0.1) is 11.4 Å². The summed E-state index contributed by atoms with van der Waals surface area (Å²) in [6.07, 6.45) is 0.710. The number of benzene rings is 3. The van der Waals surface area contributed by atoms with Gasteiger partial charge in [-0.05, 0) is 41.8 Å². The number of amides is 2. The fourth-order valence-corrected chi connectivity index (χ4v) is 4.83. The monoisotopic (exact) mass is 488 g/mol. The minimum absolute atomic E-state index is 0.120. The number of nitrogens with zero attached hydrogens (tertiary/aromatic N) is 3. The second-order valence-electron chi connectivity index (χ2n) is 7.87. The third-order valence-electron chi connectivity index (χ3n) is 5.57. The second-order valence-corrected chi connectivity index (χ2v) is 9.25. The highest BCUT2D eigenvalue weighted by Gasteiger charge is 2.42. The molecule has 1 N–H and O–H groups in total. The first-order valence-electron chi connectivity index (χ1n) is 10.9. The molecule has 0 radical (unpaired) electrons. The zero-order chi connectivity index (χ0) is 23.5. The molecule has 8 heteroatoms. The van der Waals surface area contributed by atoms with E-state index in [2.05, 4.69) is 10.3 Å². The number of amidine groups is 2. The van der Waals surface area contributed by atoms with Gasteiger partial charge in [0, 0.05) is 17.1 Å². The molecule has 0 saturated heterocycles. The lowest BCUT2D eigenvalue weighted by atomic mass is 10.1. The van der Waals surface area contributed by atoms with Crippen molar-refractivity contribution in [3.05, 3.63) is 101 Å². The van der Waals surface area contributed by atoms with Crippen LogP contribution in [-0.2, 0) is 16.0 Å². The van der Waals surface area contributed by atoms with Crippen molar-refractivity contribution in [1.29, 1.82) is 0 Å². The highest BCUT2D eigenvalue weighted by atomic mass is 35.5. The van der Waals surface area contributed by atoms with Crippen LogP contribution in [0, 0.1) is 0 Å². The fraction of sp³-hybridized carbons (Fsp3) is 0.154. The lowest BCUT2D eigenvalue weighted by Gasteiger charge is -2.25. The molecule has 34 heavy (non-hydrogen) atoms. The van der Waals surface area contributed by atoms with E-state index in [-0.39, 0.29) is 17.6 Å². The van der Waals surface area contributed by atoms with Crippen LogP contribution in [-0.4, -0.2) is 40.0 Å². The third kappa shape index (κ3) is 4.62. The Labute approximate surface area is 206 Å². The predicted molar refractivity (Wildman–Crippen MR) is 137 cm³/mol. The standard InChI is InChI=1S/C26H21ClN4O2S/c27-19-12-10-17(11-13-19)14-15-28-22(32)16-34-26-29-21-9-5-4-8-20(21)24-30-23(25(33)31(24)26)18-6-2-1-3-7-18/h1-13,23H,14-16H2,(H,28,32)/t23-/m1/s1. The molecular weight excluding hydrogens is 468 g/mol. The van der Waals surface area contributed by atoms with Crippen LogP contribution in [0.4, 0.5) is 5.69 Å². The topological polar surface area (TPSA) is 74.1 Å². The predicted octanol–water partition coefficient (Wildman–Crippen LogP) is 4.76. The van der Waals surface area contributed by atoms with Crippen LogP contribution in [0.15, 0.2) is 88.8 Å². The smallest absolute Gasteiger partial charge is 0.263 e. The van der Waals surface area contributed by atoms with E-state index < -0.39 is 6.04 Å². The summed E-state index contributed by atoms with van der Waals surface area (Å²) >= 11 is 7.15. The molecule has 0 bridgehead atoms. The maximum Gasteiger partial charge on any atom is 0.263 e. The molecule has 3 aromatic carbocycles. The van der Waals surface area contributed by atoms with Crippen LogP contribution >= 0.6 is 23.4 Å². The molecule has 5 rings (SSSR count). The average Bonchev–Trinajstić information content (AvgIpc) is 3.22. The van der Waals surface area contributed by atoms with Crippen molar-refractivity contribution in [2.24, 2.45) is 9.98 Å². The van der Waals surface area contributed by atoms with E-state index >= 15 is 0 Å². The maximum atomic E-state index is 13.4. The Morgan fingerprint density at radius 3 is 2.53 bits per heavy atom. The number of nitrogens with one attached hydrogen (secondary N) is 1. The molecule has 0 aromatic heterocycles. The first-order valence-corrected chi connectivity index (χ1v) is 12.3. The van der Waals surface area contributed by atoms with E-state index in [1.54, 1.807) is 4.90 Å². The summed E-state index contributed by atoms with van der Waals surface area (Å²) in [4.78, 5) is 36.9. The van der Waals surface area contributed by atoms with E-state index in [0.717, 1.165) is 22.4 Å². The van der Waals surface area contributed by atoms with Gasteiger partial charge in [-0.15, -0.1) is 0 Å². The van der Waals surface area contributed by atoms with Gasteiger partial charge in [0.2, 0.25) is 5.91 Å². The minimum Gasteiger partial charge on any atom is -0.355 e. The SMILES string of the molecule is O=C(CSC1=Nc2ccccc2C2=N[C@H](c3ccccc3)C(=O)N12)NCCc1ccc(Cl)cc1. The lowest BCUT2D eigenvalue weighted by Crippen LogP contribution is -2.40. The van der Waals surface area contributed by atoms with Gasteiger partial charge in [0.15, 0.2) is 11.2 Å². The molecule has 3 aromatic rings. The van der Waals surface area contributed by atoms with Gasteiger partial charge in [-0.3, -0.25) is 9.59 Å². The van der Waals surface area contributed by atoms with Gasteiger partial charge in [-0.1, -0.05) is 78.0 Å². The highest BCUT2D eigenvalue weighted by Crippen LogP contribution is 2.37. The molecule has 0 spiro atoms. The minimum atomic E-state index is -0.624. The summed E-state index contributed by atoms with van der Waals surface area (Å²) in [5, 5.41) is 4.08. The molecule has 2 amide bonds. The number of carbonyl (C=O) groups excluding carboxylic acids is 2. The van der Waals surface area contributed by atoms with Crippen molar-refractivity contribution in [2.75, 3.05) is 12.3 Å². The molecule has 6 nitrogen and oxygen atoms in total. The number of aliphatic imine (C=N–C) groups is 2. The van der Waals surface area contributed by atoms with Gasteiger partial charge in [0.1, 0.15) is 5.84 Å². The van der Waals surface area contributed by atoms with Crippen molar-refractivity contribution in [3.63, 3.8) is 0 Å². The van der Waals surface area contributed by atoms with Gasteiger partial charge in [-0.25, -0.2) is 14.9 Å². The molecular formula is C26H21ClN4O2S. The molecule has 0 fully saturated rings. The zero-order valence-corrected chi connectivity index (χ0v) is 19.7. The van der Waals surface area contributed by atoms with Crippen LogP contribution in [0.1, 0.15) is 22.7 Å². The van der Waals surface area contributed by atoms with E-state index in [1.807, 2.05) is 78.9 Å². The Bertz CT molecular complexity index is 1290. The Morgan fingerprint density at radius 1 is 1.00 bits per heavy atom. The first kappa shape index (κ1) is 22.4. The Balaban J connectivity index is 1.28. The van der Waals surface area contributed by atoms with Crippen LogP contribution in [0.5, 0.6) is 0 Å². The number of para-hydroxylation sites is 1. The highest BCUT2D eigenvalue weighted by molar-refractivity contribution is 8.14. The van der Waals surface area contributed by atoms with Gasteiger partial charge < -0.3 is 5.32 Å².